The number of amides is 2. The molecule has 0 aliphatic heterocycles. The lowest BCUT2D eigenvalue weighted by molar-refractivity contribution is 0.0485. The van der Waals surface area contributed by atoms with E-state index >= 15 is 0 Å². The number of carbonyl (C=O) groups excluding carboxylic acids is 3. The van der Waals surface area contributed by atoms with Crippen molar-refractivity contribution in [3.63, 3.8) is 0 Å². The Labute approximate surface area is 263 Å². The van der Waals surface area contributed by atoms with Crippen LogP contribution in [0, 0.1) is 11.3 Å². The van der Waals surface area contributed by atoms with Crippen LogP contribution < -0.4 is 20.1 Å². The summed E-state index contributed by atoms with van der Waals surface area (Å²) in [5, 5.41) is 15.1. The predicted octanol–water partition coefficient (Wildman–Crippen LogP) is 6.67. The third-order valence-corrected chi connectivity index (χ3v) is 7.02. The third kappa shape index (κ3) is 10.3. The fourth-order valence-electron chi connectivity index (χ4n) is 4.82. The first-order chi connectivity index (χ1) is 21.5. The topological polar surface area (TPSA) is 136 Å². The molecule has 0 spiro atoms. The molecule has 2 amide bonds. The molecule has 0 saturated heterocycles. The van der Waals surface area contributed by atoms with Crippen molar-refractivity contribution < 1.29 is 33.3 Å². The number of ether oxygens (including phenoxy) is 4. The smallest absolute Gasteiger partial charge is 0.407 e. The van der Waals surface area contributed by atoms with Crippen molar-refractivity contribution in [2.24, 2.45) is 0 Å². The molecule has 1 aliphatic carbocycles. The van der Waals surface area contributed by atoms with Crippen molar-refractivity contribution in [3.8, 4) is 23.3 Å². The van der Waals surface area contributed by atoms with E-state index in [9.17, 15) is 14.4 Å². The van der Waals surface area contributed by atoms with Crippen LogP contribution in [0.1, 0.15) is 85.2 Å². The van der Waals surface area contributed by atoms with Gasteiger partial charge in [-0.3, -0.25) is 4.79 Å². The van der Waals surface area contributed by atoms with Crippen LogP contribution in [0.25, 0.3) is 0 Å². The fourth-order valence-corrected chi connectivity index (χ4v) is 4.82. The van der Waals surface area contributed by atoms with Crippen LogP contribution in [0.15, 0.2) is 66.7 Å². The molecule has 1 aliphatic rings. The van der Waals surface area contributed by atoms with Gasteiger partial charge >= 0.3 is 12.1 Å². The quantitative estimate of drug-likeness (QED) is 0.242. The van der Waals surface area contributed by atoms with Crippen molar-refractivity contribution in [3.05, 3.63) is 89.0 Å². The van der Waals surface area contributed by atoms with Crippen molar-refractivity contribution >= 4 is 18.0 Å². The summed E-state index contributed by atoms with van der Waals surface area (Å²) in [6, 6.07) is 20.6. The molecule has 1 saturated carbocycles. The van der Waals surface area contributed by atoms with Crippen molar-refractivity contribution in [2.75, 3.05) is 6.61 Å². The first-order valence-electron chi connectivity index (χ1n) is 15.0. The maximum absolute atomic E-state index is 13.4. The molecule has 45 heavy (non-hydrogen) atoms. The number of nitrogens with one attached hydrogen (secondary N) is 2. The van der Waals surface area contributed by atoms with Crippen molar-refractivity contribution in [1.82, 2.24) is 10.6 Å². The van der Waals surface area contributed by atoms with E-state index in [1.54, 1.807) is 73.7 Å². The van der Waals surface area contributed by atoms with E-state index < -0.39 is 11.7 Å². The highest BCUT2D eigenvalue weighted by Crippen LogP contribution is 2.29. The minimum absolute atomic E-state index is 0.0106. The zero-order valence-electron chi connectivity index (χ0n) is 26.1. The normalized spacial score (nSPS) is 16.1. The summed E-state index contributed by atoms with van der Waals surface area (Å²) < 4.78 is 22.5. The van der Waals surface area contributed by atoms with E-state index in [0.717, 1.165) is 18.4 Å². The summed E-state index contributed by atoms with van der Waals surface area (Å²) in [5.74, 6) is 0.660. The molecular formula is C35H39N3O7. The second kappa shape index (κ2) is 15.1. The largest absolute Gasteiger partial charge is 0.489 e. The van der Waals surface area contributed by atoms with E-state index in [0.29, 0.717) is 53.4 Å². The summed E-state index contributed by atoms with van der Waals surface area (Å²) in [4.78, 5) is 37.5. The molecule has 236 valence electrons. The van der Waals surface area contributed by atoms with E-state index in [1.807, 2.05) is 20.8 Å². The van der Waals surface area contributed by atoms with Gasteiger partial charge in [-0.2, -0.15) is 5.26 Å². The van der Waals surface area contributed by atoms with E-state index in [1.165, 1.54) is 0 Å². The molecule has 0 aromatic heterocycles. The molecular weight excluding hydrogens is 574 g/mol. The molecule has 0 atom stereocenters. The number of rotatable bonds is 10. The number of alkyl carbamates (subject to hydrolysis) is 1. The highest BCUT2D eigenvalue weighted by atomic mass is 16.6. The van der Waals surface area contributed by atoms with Gasteiger partial charge in [-0.25, -0.2) is 9.59 Å². The molecule has 3 aromatic rings. The minimum atomic E-state index is -0.565. The Kier molecular flexibility index (Phi) is 11.0. The lowest BCUT2D eigenvalue weighted by Gasteiger charge is -2.30. The molecule has 0 unspecified atom stereocenters. The molecule has 10 heteroatoms. The summed E-state index contributed by atoms with van der Waals surface area (Å²) >= 11 is 0. The summed E-state index contributed by atoms with van der Waals surface area (Å²) in [5.41, 5.74) is 1.58. The Balaban J connectivity index is 1.43. The van der Waals surface area contributed by atoms with Crippen LogP contribution in [0.4, 0.5) is 4.79 Å². The third-order valence-electron chi connectivity index (χ3n) is 7.02. The summed E-state index contributed by atoms with van der Waals surface area (Å²) in [6.07, 6.45) is 2.42. The average Bonchev–Trinajstić information content (AvgIpc) is 3.00. The number of hydrogen-bond donors (Lipinski definition) is 2. The van der Waals surface area contributed by atoms with E-state index in [4.69, 9.17) is 24.2 Å². The SMILES string of the molecule is CCOC(=O)c1ccc(COc2cc(Oc3ccc(C#N)cc3)cc(C(=O)NC3CCC(NC(=O)OC(C)(C)C)CC3)c2)cc1. The number of nitrogens with zero attached hydrogens (tertiary/aromatic N) is 1. The van der Waals surface area contributed by atoms with Gasteiger partial charge in [0.05, 0.1) is 23.8 Å². The minimum Gasteiger partial charge on any atom is -0.489 e. The Morgan fingerprint density at radius 2 is 1.44 bits per heavy atom. The number of esters is 1. The van der Waals surface area contributed by atoms with Gasteiger partial charge in [0.25, 0.3) is 5.91 Å². The maximum Gasteiger partial charge on any atom is 0.407 e. The number of nitriles is 1. The Morgan fingerprint density at radius 1 is 0.822 bits per heavy atom. The molecule has 2 N–H and O–H groups in total. The molecule has 0 radical (unpaired) electrons. The van der Waals surface area contributed by atoms with Gasteiger partial charge in [0.2, 0.25) is 0 Å². The van der Waals surface area contributed by atoms with Gasteiger partial charge in [0.15, 0.2) is 0 Å². The standard InChI is InChI=1S/C35H39N3O7/c1-5-42-33(40)25-10-6-24(7-11-25)22-43-30-18-26(19-31(20-30)44-29-16-8-23(21-36)9-17-29)32(39)37-27-12-14-28(15-13-27)38-34(41)45-35(2,3)4/h6-11,16-20,27-28H,5,12-15,22H2,1-4H3,(H,37,39)(H,38,41). The highest BCUT2D eigenvalue weighted by molar-refractivity contribution is 5.95. The molecule has 10 nitrogen and oxygen atoms in total. The lowest BCUT2D eigenvalue weighted by Crippen LogP contribution is -2.45. The van der Waals surface area contributed by atoms with Gasteiger partial charge in [-0.05, 0) is 107 Å². The second-order valence-electron chi connectivity index (χ2n) is 11.8. The van der Waals surface area contributed by atoms with Crippen LogP contribution in [0.3, 0.4) is 0 Å². The number of benzene rings is 3. The van der Waals surface area contributed by atoms with Gasteiger partial charge in [0, 0.05) is 23.7 Å². The van der Waals surface area contributed by atoms with Gasteiger partial charge in [-0.1, -0.05) is 12.1 Å². The monoisotopic (exact) mass is 613 g/mol. The summed E-state index contributed by atoms with van der Waals surface area (Å²) in [7, 11) is 0. The fraction of sp³-hybridized carbons (Fsp3) is 0.371. The van der Waals surface area contributed by atoms with Crippen LogP contribution in [0.2, 0.25) is 0 Å². The van der Waals surface area contributed by atoms with Crippen molar-refractivity contribution in [2.45, 2.75) is 77.7 Å². The van der Waals surface area contributed by atoms with Crippen LogP contribution in [0.5, 0.6) is 17.2 Å². The number of carbonyl (C=O) groups is 3. The Hall–Kier alpha value is -5.04. The van der Waals surface area contributed by atoms with Crippen molar-refractivity contribution in [1.29, 1.82) is 5.26 Å². The molecule has 0 bridgehead atoms. The maximum atomic E-state index is 13.4. The van der Waals surface area contributed by atoms with Crippen LogP contribution in [-0.2, 0) is 16.1 Å². The lowest BCUT2D eigenvalue weighted by atomic mass is 9.91. The zero-order valence-corrected chi connectivity index (χ0v) is 26.1. The molecule has 4 rings (SSSR count). The predicted molar refractivity (Wildman–Crippen MR) is 167 cm³/mol. The van der Waals surface area contributed by atoms with Gasteiger partial charge in [0.1, 0.15) is 29.5 Å². The zero-order chi connectivity index (χ0) is 32.4. The van der Waals surface area contributed by atoms with Gasteiger partial charge < -0.3 is 29.6 Å². The second-order valence-corrected chi connectivity index (χ2v) is 11.8. The molecule has 3 aromatic carbocycles. The molecule has 1 fully saturated rings. The Morgan fingerprint density at radius 3 is 2.04 bits per heavy atom. The van der Waals surface area contributed by atoms with E-state index in [-0.39, 0.29) is 30.6 Å². The highest BCUT2D eigenvalue weighted by Gasteiger charge is 2.26. The van der Waals surface area contributed by atoms with Gasteiger partial charge in [-0.15, -0.1) is 0 Å². The van der Waals surface area contributed by atoms with Crippen LogP contribution in [-0.4, -0.2) is 42.3 Å². The van der Waals surface area contributed by atoms with E-state index in [2.05, 4.69) is 16.7 Å². The average molecular weight is 614 g/mol. The summed E-state index contributed by atoms with van der Waals surface area (Å²) in [6.45, 7) is 7.72. The first-order valence-corrected chi connectivity index (χ1v) is 15.0. The molecule has 0 heterocycles. The van der Waals surface area contributed by atoms with Crippen LogP contribution >= 0.6 is 0 Å². The Bertz CT molecular complexity index is 1510. The first kappa shape index (κ1) is 32.9. The number of hydrogen-bond acceptors (Lipinski definition) is 8.